The molecular weight excluding hydrogens is 116 g/mol. The van der Waals surface area contributed by atoms with Crippen LogP contribution in [0.1, 0.15) is 19.3 Å². The molecule has 0 amide bonds. The van der Waals surface area contributed by atoms with Crippen LogP contribution < -0.4 is 0 Å². The highest BCUT2D eigenvalue weighted by Gasteiger charge is 2.09. The Morgan fingerprint density at radius 3 is 3.11 bits per heavy atom. The summed E-state index contributed by atoms with van der Waals surface area (Å²) in [5.41, 5.74) is 0. The van der Waals surface area contributed by atoms with Gasteiger partial charge >= 0.3 is 0 Å². The molecule has 1 N–H and O–H groups in total. The first kappa shape index (κ1) is 6.62. The Labute approximate surface area is 55.1 Å². The van der Waals surface area contributed by atoms with E-state index in [9.17, 15) is 0 Å². The first-order valence-electron chi connectivity index (χ1n) is 3.35. The fourth-order valence-corrected chi connectivity index (χ4v) is 0.934. The van der Waals surface area contributed by atoms with Crippen LogP contribution in [-0.4, -0.2) is 17.8 Å². The van der Waals surface area contributed by atoms with Gasteiger partial charge in [-0.1, -0.05) is 0 Å². The fraction of sp³-hybridized carbons (Fsp3) is 0.714. The molecule has 0 aliphatic carbocycles. The molecule has 0 radical (unpaired) electrons. The summed E-state index contributed by atoms with van der Waals surface area (Å²) in [6.45, 7) is 0.278. The number of hydrogen-bond donors (Lipinski definition) is 1. The van der Waals surface area contributed by atoms with E-state index in [1.165, 1.54) is 0 Å². The summed E-state index contributed by atoms with van der Waals surface area (Å²) >= 11 is 0. The van der Waals surface area contributed by atoms with Crippen molar-refractivity contribution in [3.8, 4) is 0 Å². The van der Waals surface area contributed by atoms with Gasteiger partial charge in [-0.2, -0.15) is 0 Å². The van der Waals surface area contributed by atoms with E-state index >= 15 is 0 Å². The molecule has 1 heterocycles. The molecule has 0 spiro atoms. The molecule has 2 heteroatoms. The third-order valence-corrected chi connectivity index (χ3v) is 1.45. The van der Waals surface area contributed by atoms with Gasteiger partial charge < -0.3 is 9.84 Å². The van der Waals surface area contributed by atoms with Crippen molar-refractivity contribution in [2.45, 2.75) is 25.4 Å². The van der Waals surface area contributed by atoms with E-state index in [4.69, 9.17) is 9.84 Å². The minimum atomic E-state index is 0.278. The van der Waals surface area contributed by atoms with Crippen molar-refractivity contribution < 1.29 is 9.84 Å². The van der Waals surface area contributed by atoms with Crippen LogP contribution in [0.15, 0.2) is 12.3 Å². The minimum Gasteiger partial charge on any atom is -0.498 e. The summed E-state index contributed by atoms with van der Waals surface area (Å²) < 4.78 is 5.16. The zero-order valence-electron chi connectivity index (χ0n) is 5.42. The first-order chi connectivity index (χ1) is 4.43. The van der Waals surface area contributed by atoms with Crippen molar-refractivity contribution in [2.75, 3.05) is 6.61 Å². The third-order valence-electron chi connectivity index (χ3n) is 1.45. The average Bonchev–Trinajstić information content (AvgIpc) is 2.34. The van der Waals surface area contributed by atoms with Gasteiger partial charge in [0, 0.05) is 13.0 Å². The maximum Gasteiger partial charge on any atom is 0.101 e. The van der Waals surface area contributed by atoms with Gasteiger partial charge in [0.05, 0.1) is 6.26 Å². The fourth-order valence-electron chi connectivity index (χ4n) is 0.934. The predicted octanol–water partition coefficient (Wildman–Crippen LogP) is 1.06. The molecule has 9 heavy (non-hydrogen) atoms. The molecule has 0 aromatic heterocycles. The second-order valence-corrected chi connectivity index (χ2v) is 2.23. The molecule has 2 nitrogen and oxygen atoms in total. The molecule has 1 aliphatic rings. The number of ether oxygens (including phenoxy) is 1. The third kappa shape index (κ3) is 2.06. The summed E-state index contributed by atoms with van der Waals surface area (Å²) in [5, 5.41) is 8.45. The van der Waals surface area contributed by atoms with Gasteiger partial charge in [-0.15, -0.1) is 0 Å². The lowest BCUT2D eigenvalue weighted by atomic mass is 10.1. The smallest absolute Gasteiger partial charge is 0.101 e. The average molecular weight is 128 g/mol. The molecule has 0 aromatic rings. The Morgan fingerprint density at radius 2 is 2.56 bits per heavy atom. The van der Waals surface area contributed by atoms with Crippen molar-refractivity contribution >= 4 is 0 Å². The summed E-state index contributed by atoms with van der Waals surface area (Å²) in [4.78, 5) is 0. The van der Waals surface area contributed by atoms with Crippen LogP contribution in [0.4, 0.5) is 0 Å². The Morgan fingerprint density at radius 1 is 1.67 bits per heavy atom. The van der Waals surface area contributed by atoms with E-state index < -0.39 is 0 Å². The van der Waals surface area contributed by atoms with Crippen molar-refractivity contribution in [3.05, 3.63) is 12.3 Å². The summed E-state index contributed by atoms with van der Waals surface area (Å²) in [7, 11) is 0. The zero-order valence-corrected chi connectivity index (χ0v) is 5.42. The predicted molar refractivity (Wildman–Crippen MR) is 34.9 cm³/mol. The van der Waals surface area contributed by atoms with Crippen LogP contribution in [-0.2, 0) is 4.74 Å². The Hall–Kier alpha value is -0.500. The zero-order chi connectivity index (χ0) is 6.53. The number of aliphatic hydroxyl groups is 1. The van der Waals surface area contributed by atoms with E-state index in [0.29, 0.717) is 6.10 Å². The SMILES string of the molecule is OCCCC1CC=CO1. The number of rotatable bonds is 3. The second-order valence-electron chi connectivity index (χ2n) is 2.23. The van der Waals surface area contributed by atoms with E-state index in [1.54, 1.807) is 6.26 Å². The van der Waals surface area contributed by atoms with Crippen LogP contribution in [0.25, 0.3) is 0 Å². The summed E-state index contributed by atoms with van der Waals surface area (Å²) in [6.07, 6.45) is 6.94. The van der Waals surface area contributed by atoms with Gasteiger partial charge in [0.1, 0.15) is 6.10 Å². The van der Waals surface area contributed by atoms with Crippen LogP contribution in [0.5, 0.6) is 0 Å². The van der Waals surface area contributed by atoms with Crippen molar-refractivity contribution in [1.82, 2.24) is 0 Å². The lowest BCUT2D eigenvalue weighted by molar-refractivity contribution is 0.147. The minimum absolute atomic E-state index is 0.278. The van der Waals surface area contributed by atoms with E-state index in [1.807, 2.05) is 6.08 Å². The Balaban J connectivity index is 2.01. The topological polar surface area (TPSA) is 29.5 Å². The number of hydrogen-bond acceptors (Lipinski definition) is 2. The van der Waals surface area contributed by atoms with Gasteiger partial charge in [0.2, 0.25) is 0 Å². The second kappa shape index (κ2) is 3.51. The van der Waals surface area contributed by atoms with Crippen molar-refractivity contribution in [2.24, 2.45) is 0 Å². The molecule has 1 unspecified atom stereocenters. The summed E-state index contributed by atoms with van der Waals surface area (Å²) in [5.74, 6) is 0. The molecule has 0 fully saturated rings. The Kier molecular flexibility index (Phi) is 2.58. The molecule has 52 valence electrons. The highest BCUT2D eigenvalue weighted by atomic mass is 16.5. The maximum absolute atomic E-state index is 8.45. The van der Waals surface area contributed by atoms with Crippen LogP contribution in [0, 0.1) is 0 Å². The molecule has 0 bridgehead atoms. The van der Waals surface area contributed by atoms with Gasteiger partial charge in [-0.3, -0.25) is 0 Å². The first-order valence-corrected chi connectivity index (χ1v) is 3.35. The van der Waals surface area contributed by atoms with Crippen LogP contribution in [0.2, 0.25) is 0 Å². The lowest BCUT2D eigenvalue weighted by Crippen LogP contribution is -2.04. The molecule has 1 aliphatic heterocycles. The molecule has 0 aromatic carbocycles. The quantitative estimate of drug-likeness (QED) is 0.615. The Bertz CT molecular complexity index is 91.1. The normalized spacial score (nSPS) is 24.3. The summed E-state index contributed by atoms with van der Waals surface area (Å²) in [6, 6.07) is 0. The standard InChI is InChI=1S/C7H12O2/c8-5-1-3-7-4-2-6-9-7/h2,6-8H,1,3-5H2. The van der Waals surface area contributed by atoms with E-state index in [2.05, 4.69) is 0 Å². The van der Waals surface area contributed by atoms with E-state index in [0.717, 1.165) is 19.3 Å². The monoisotopic (exact) mass is 128 g/mol. The van der Waals surface area contributed by atoms with Crippen molar-refractivity contribution in [1.29, 1.82) is 0 Å². The molecule has 0 saturated heterocycles. The van der Waals surface area contributed by atoms with Gasteiger partial charge in [-0.05, 0) is 18.9 Å². The van der Waals surface area contributed by atoms with Gasteiger partial charge in [-0.25, -0.2) is 0 Å². The molecule has 0 saturated carbocycles. The largest absolute Gasteiger partial charge is 0.498 e. The molecule has 1 rings (SSSR count). The van der Waals surface area contributed by atoms with Crippen molar-refractivity contribution in [3.63, 3.8) is 0 Å². The van der Waals surface area contributed by atoms with Gasteiger partial charge in [0.25, 0.3) is 0 Å². The molecule has 1 atom stereocenters. The highest BCUT2D eigenvalue weighted by Crippen LogP contribution is 2.13. The molecular formula is C7H12O2. The van der Waals surface area contributed by atoms with E-state index in [-0.39, 0.29) is 6.61 Å². The lowest BCUT2D eigenvalue weighted by Gasteiger charge is -2.07. The highest BCUT2D eigenvalue weighted by molar-refractivity contribution is 4.86. The van der Waals surface area contributed by atoms with Gasteiger partial charge in [0.15, 0.2) is 0 Å². The van der Waals surface area contributed by atoms with Crippen LogP contribution >= 0.6 is 0 Å². The number of aliphatic hydroxyl groups excluding tert-OH is 1. The van der Waals surface area contributed by atoms with Crippen LogP contribution in [0.3, 0.4) is 0 Å². The maximum atomic E-state index is 8.45.